The highest BCUT2D eigenvalue weighted by Gasteiger charge is 2.38. The number of rotatable bonds is 7. The Labute approximate surface area is 232 Å². The van der Waals surface area contributed by atoms with Crippen molar-refractivity contribution in [1.29, 1.82) is 0 Å². The van der Waals surface area contributed by atoms with Gasteiger partial charge in [-0.3, -0.25) is 9.69 Å². The predicted molar refractivity (Wildman–Crippen MR) is 135 cm³/mol. The average Bonchev–Trinajstić information content (AvgIpc) is 3.65. The third-order valence-corrected chi connectivity index (χ3v) is 7.00. The molecule has 2 aromatic rings. The smallest absolute Gasteiger partial charge is 0.475 e. The summed E-state index contributed by atoms with van der Waals surface area (Å²) in [6, 6.07) is 7.13. The topological polar surface area (TPSA) is 113 Å². The third-order valence-electron chi connectivity index (χ3n) is 6.09. The van der Waals surface area contributed by atoms with Crippen LogP contribution in [0.4, 0.5) is 22.0 Å². The Morgan fingerprint density at radius 2 is 1.80 bits per heavy atom. The van der Waals surface area contributed by atoms with Gasteiger partial charge in [-0.2, -0.15) is 13.2 Å². The van der Waals surface area contributed by atoms with E-state index in [0.717, 1.165) is 35.8 Å². The summed E-state index contributed by atoms with van der Waals surface area (Å²) < 4.78 is 90.3. The minimum atomic E-state index is -5.08. The van der Waals surface area contributed by atoms with Gasteiger partial charge in [-0.15, -0.1) is 0 Å². The quantitative estimate of drug-likeness (QED) is 0.449. The molecule has 15 heteroatoms. The molecule has 2 N–H and O–H groups in total. The van der Waals surface area contributed by atoms with Gasteiger partial charge in [0.05, 0.1) is 24.5 Å². The van der Waals surface area contributed by atoms with E-state index >= 15 is 0 Å². The highest BCUT2D eigenvalue weighted by atomic mass is 35.5. The van der Waals surface area contributed by atoms with Gasteiger partial charge in [0.15, 0.2) is 0 Å². The maximum absolute atomic E-state index is 14.8. The van der Waals surface area contributed by atoms with Gasteiger partial charge in [0.1, 0.15) is 11.6 Å². The summed E-state index contributed by atoms with van der Waals surface area (Å²) in [5.74, 6) is -4.63. The van der Waals surface area contributed by atoms with E-state index in [1.54, 1.807) is 6.07 Å². The number of aliphatic carboxylic acids is 1. The maximum Gasteiger partial charge on any atom is 0.490 e. The van der Waals surface area contributed by atoms with E-state index < -0.39 is 39.7 Å². The number of carboxylic acid groups (broad SMARTS) is 1. The number of halogens is 6. The van der Waals surface area contributed by atoms with Crippen LogP contribution < -0.4 is 4.72 Å². The molecule has 0 spiro atoms. The Morgan fingerprint density at radius 1 is 1.15 bits per heavy atom. The molecule has 0 bridgehead atoms. The molecule has 1 heterocycles. The van der Waals surface area contributed by atoms with Gasteiger partial charge < -0.3 is 9.84 Å². The van der Waals surface area contributed by atoms with Crippen LogP contribution in [0.5, 0.6) is 0 Å². The van der Waals surface area contributed by atoms with Crippen molar-refractivity contribution in [2.45, 2.75) is 44.0 Å². The fourth-order valence-electron chi connectivity index (χ4n) is 4.16. The van der Waals surface area contributed by atoms with Crippen LogP contribution in [0, 0.1) is 11.6 Å². The van der Waals surface area contributed by atoms with Crippen molar-refractivity contribution in [3.63, 3.8) is 0 Å². The lowest BCUT2D eigenvalue weighted by Gasteiger charge is -2.33. The number of amides is 1. The second-order valence-corrected chi connectivity index (χ2v) is 11.6. The highest BCUT2D eigenvalue weighted by molar-refractivity contribution is 7.89. The first-order chi connectivity index (χ1) is 18.5. The Hall–Kier alpha value is -2.81. The number of ether oxygens (including phenoxy) is 1. The Balaban J connectivity index is 0.000000559. The predicted octanol–water partition coefficient (Wildman–Crippen LogP) is 4.26. The number of morpholine rings is 1. The van der Waals surface area contributed by atoms with Gasteiger partial charge in [-0.1, -0.05) is 17.7 Å². The van der Waals surface area contributed by atoms with E-state index in [1.807, 2.05) is 4.72 Å². The zero-order valence-electron chi connectivity index (χ0n) is 21.1. The van der Waals surface area contributed by atoms with E-state index in [1.165, 1.54) is 24.3 Å². The molecule has 2 aliphatic rings. The largest absolute Gasteiger partial charge is 0.490 e. The van der Waals surface area contributed by atoms with Crippen molar-refractivity contribution in [3.8, 4) is 0 Å². The summed E-state index contributed by atoms with van der Waals surface area (Å²) >= 11 is 6.15. The maximum atomic E-state index is 14.8. The summed E-state index contributed by atoms with van der Waals surface area (Å²) in [6.45, 7) is 2.23. The van der Waals surface area contributed by atoms with Crippen LogP contribution >= 0.6 is 11.6 Å². The normalized spacial score (nSPS) is 18.0. The van der Waals surface area contributed by atoms with Crippen molar-refractivity contribution in [1.82, 2.24) is 9.62 Å². The van der Waals surface area contributed by atoms with Crippen molar-refractivity contribution >= 4 is 33.5 Å². The van der Waals surface area contributed by atoms with Crippen LogP contribution in [0.1, 0.15) is 45.8 Å². The highest BCUT2D eigenvalue weighted by Crippen LogP contribution is 2.43. The van der Waals surface area contributed by atoms with Crippen LogP contribution in [0.15, 0.2) is 30.3 Å². The van der Waals surface area contributed by atoms with Gasteiger partial charge >= 0.3 is 12.1 Å². The minimum absolute atomic E-state index is 0.143. The molecule has 1 unspecified atom stereocenters. The number of carboxylic acids is 1. The number of nitrogens with one attached hydrogen (secondary N) is 1. The van der Waals surface area contributed by atoms with Gasteiger partial charge in [0, 0.05) is 31.1 Å². The minimum Gasteiger partial charge on any atom is -0.475 e. The zero-order valence-corrected chi connectivity index (χ0v) is 22.7. The summed E-state index contributed by atoms with van der Waals surface area (Å²) in [5, 5.41) is 7.48. The van der Waals surface area contributed by atoms with Crippen molar-refractivity contribution < 1.29 is 49.8 Å². The fraction of sp³-hybridized carbons (Fsp3) is 0.440. The summed E-state index contributed by atoms with van der Waals surface area (Å²) in [5.41, 5.74) is 2.19. The second kappa shape index (κ2) is 12.8. The summed E-state index contributed by atoms with van der Waals surface area (Å²) in [7, 11) is -3.79. The summed E-state index contributed by atoms with van der Waals surface area (Å²) in [6.07, 6.45) is -1.95. The van der Waals surface area contributed by atoms with Crippen LogP contribution in [-0.4, -0.2) is 68.5 Å². The number of hydrogen-bond acceptors (Lipinski definition) is 6. The van der Waals surface area contributed by atoms with Crippen molar-refractivity contribution in [2.75, 3.05) is 26.0 Å². The molecule has 8 nitrogen and oxygen atoms in total. The van der Waals surface area contributed by atoms with Gasteiger partial charge in [0.2, 0.25) is 10.0 Å². The molecular weight excluding hydrogens is 587 g/mol. The Morgan fingerprint density at radius 3 is 2.35 bits per heavy atom. The van der Waals surface area contributed by atoms with Crippen LogP contribution in [-0.2, 0) is 32.5 Å². The van der Waals surface area contributed by atoms with Gasteiger partial charge in [-0.25, -0.2) is 26.7 Å². The van der Waals surface area contributed by atoms with Crippen molar-refractivity contribution in [2.24, 2.45) is 0 Å². The number of carbonyl (C=O) groups excluding carboxylic acids is 1. The Bertz CT molecular complexity index is 1370. The van der Waals surface area contributed by atoms with Crippen molar-refractivity contribution in [3.05, 3.63) is 69.2 Å². The lowest BCUT2D eigenvalue weighted by molar-refractivity contribution is -0.192. The average molecular weight is 613 g/mol. The van der Waals surface area contributed by atoms with Gasteiger partial charge in [0.25, 0.3) is 5.91 Å². The second-order valence-electron chi connectivity index (χ2n) is 9.48. The number of benzene rings is 2. The Kier molecular flexibility index (Phi) is 10.1. The molecule has 4 rings (SSSR count). The summed E-state index contributed by atoms with van der Waals surface area (Å²) in [4.78, 5) is 23.3. The molecule has 1 aliphatic heterocycles. The van der Waals surface area contributed by atoms with Crippen LogP contribution in [0.25, 0.3) is 0 Å². The lowest BCUT2D eigenvalue weighted by Crippen LogP contribution is -2.43. The lowest BCUT2D eigenvalue weighted by atomic mass is 9.98. The molecule has 220 valence electrons. The molecule has 1 saturated heterocycles. The monoisotopic (exact) mass is 612 g/mol. The zero-order chi connectivity index (χ0) is 29.8. The third kappa shape index (κ3) is 9.39. The molecule has 1 atom stereocenters. The molecule has 1 amide bonds. The van der Waals surface area contributed by atoms with E-state index in [9.17, 15) is 35.2 Å². The molecule has 1 aliphatic carbocycles. The molecule has 2 fully saturated rings. The number of sulfonamides is 1. The number of carbonyl (C=O) groups is 2. The van der Waals surface area contributed by atoms with Crippen LogP contribution in [0.2, 0.25) is 5.02 Å². The first-order valence-electron chi connectivity index (χ1n) is 12.0. The number of alkyl halides is 3. The SMILES string of the molecule is CS(=O)(=O)NC(=O)c1cc(C2CC2)c(CN2CCOC(Cc3ccc(F)cc3Cl)C2)cc1F.O=C(O)C(F)(F)F. The number of hydrogen-bond donors (Lipinski definition) is 2. The first-order valence-corrected chi connectivity index (χ1v) is 14.2. The number of nitrogens with zero attached hydrogens (tertiary/aromatic N) is 1. The standard InChI is InChI=1S/C23H25ClF2N2O4S.C2HF3O2/c1-33(30,31)27-23(29)20-11-19(14-2-3-14)16(9-22(20)26)12-28-6-7-32-18(13-28)8-15-4-5-17(25)10-21(15)24;3-2(4,5)1(6)7/h4-5,9-11,14,18H,2-3,6-8,12-13H2,1H3,(H,27,29);(H,6,7). The molecule has 2 aromatic carbocycles. The molecule has 0 radical (unpaired) electrons. The van der Waals surface area contributed by atoms with Gasteiger partial charge in [-0.05, 0) is 59.7 Å². The van der Waals surface area contributed by atoms with E-state index in [2.05, 4.69) is 4.90 Å². The molecule has 0 aromatic heterocycles. The first kappa shape index (κ1) is 31.7. The van der Waals surface area contributed by atoms with Crippen LogP contribution in [0.3, 0.4) is 0 Å². The van der Waals surface area contributed by atoms with E-state index in [0.29, 0.717) is 37.7 Å². The molecule has 1 saturated carbocycles. The molecular formula is C25H26ClF5N2O6S. The van der Waals surface area contributed by atoms with E-state index in [4.69, 9.17) is 26.2 Å². The fourth-order valence-corrected chi connectivity index (χ4v) is 4.85. The molecule has 40 heavy (non-hydrogen) atoms. The van der Waals surface area contributed by atoms with E-state index in [-0.39, 0.29) is 17.6 Å².